The Morgan fingerprint density at radius 1 is 1.46 bits per heavy atom. The Morgan fingerprint density at radius 3 is 2.85 bits per heavy atom. The molecule has 0 aliphatic carbocycles. The first-order valence-electron chi connectivity index (χ1n) is 5.43. The van der Waals surface area contributed by atoms with Crippen LogP contribution in [0.3, 0.4) is 0 Å². The molecule has 1 aliphatic heterocycles. The second-order valence-corrected chi connectivity index (χ2v) is 3.76. The molecule has 3 heteroatoms. The van der Waals surface area contributed by atoms with Gasteiger partial charge in [-0.1, -0.05) is 13.3 Å². The average molecular weight is 186 g/mol. The zero-order valence-corrected chi connectivity index (χ0v) is 8.63. The fourth-order valence-electron chi connectivity index (χ4n) is 1.91. The molecule has 1 saturated heterocycles. The fourth-order valence-corrected chi connectivity index (χ4v) is 1.91. The lowest BCUT2D eigenvalue weighted by Crippen LogP contribution is -2.44. The molecule has 1 aliphatic rings. The molecule has 0 unspecified atom stereocenters. The summed E-state index contributed by atoms with van der Waals surface area (Å²) in [6.07, 6.45) is 3.97. The highest BCUT2D eigenvalue weighted by molar-refractivity contribution is 4.75. The Bertz CT molecular complexity index is 121. The number of rotatable bonds is 5. The van der Waals surface area contributed by atoms with Gasteiger partial charge in [0, 0.05) is 19.1 Å². The molecule has 3 nitrogen and oxygen atoms in total. The van der Waals surface area contributed by atoms with Crippen molar-refractivity contribution in [1.82, 2.24) is 10.2 Å². The van der Waals surface area contributed by atoms with E-state index in [0.717, 1.165) is 19.6 Å². The van der Waals surface area contributed by atoms with Crippen LogP contribution in [-0.4, -0.2) is 48.8 Å². The minimum absolute atomic E-state index is 0.278. The maximum atomic E-state index is 8.84. The van der Waals surface area contributed by atoms with E-state index < -0.39 is 0 Å². The van der Waals surface area contributed by atoms with Crippen LogP contribution in [-0.2, 0) is 0 Å². The molecule has 0 aromatic carbocycles. The molecule has 78 valence electrons. The molecule has 0 saturated carbocycles. The minimum atomic E-state index is 0.278. The summed E-state index contributed by atoms with van der Waals surface area (Å²) in [5.41, 5.74) is 0. The number of aliphatic hydroxyl groups excluding tert-OH is 1. The third kappa shape index (κ3) is 4.07. The van der Waals surface area contributed by atoms with Crippen LogP contribution in [0.4, 0.5) is 0 Å². The molecule has 0 aromatic rings. The largest absolute Gasteiger partial charge is 0.395 e. The van der Waals surface area contributed by atoms with Gasteiger partial charge in [-0.05, 0) is 25.9 Å². The molecule has 1 heterocycles. The molecule has 2 N–H and O–H groups in total. The summed E-state index contributed by atoms with van der Waals surface area (Å²) < 4.78 is 0. The normalized spacial score (nSPS) is 23.8. The molecule has 0 amide bonds. The van der Waals surface area contributed by atoms with Crippen LogP contribution in [0.25, 0.3) is 0 Å². The number of nitrogens with zero attached hydrogens (tertiary/aromatic N) is 1. The van der Waals surface area contributed by atoms with E-state index in [0.29, 0.717) is 6.04 Å². The Labute approximate surface area is 81.1 Å². The topological polar surface area (TPSA) is 35.5 Å². The van der Waals surface area contributed by atoms with Gasteiger partial charge in [0.05, 0.1) is 6.61 Å². The van der Waals surface area contributed by atoms with Gasteiger partial charge in [-0.2, -0.15) is 0 Å². The van der Waals surface area contributed by atoms with Crippen molar-refractivity contribution in [2.24, 2.45) is 0 Å². The summed E-state index contributed by atoms with van der Waals surface area (Å²) in [6.45, 7) is 6.55. The molecule has 0 spiro atoms. The van der Waals surface area contributed by atoms with Gasteiger partial charge >= 0.3 is 0 Å². The lowest BCUT2D eigenvalue weighted by molar-refractivity contribution is 0.180. The molecule has 13 heavy (non-hydrogen) atoms. The summed E-state index contributed by atoms with van der Waals surface area (Å²) in [5, 5.41) is 12.4. The molecule has 1 rings (SSSR count). The van der Waals surface area contributed by atoms with Crippen molar-refractivity contribution < 1.29 is 5.11 Å². The molecule has 1 atom stereocenters. The number of aliphatic hydroxyl groups is 1. The Kier molecular flexibility index (Phi) is 5.35. The predicted molar refractivity (Wildman–Crippen MR) is 54.8 cm³/mol. The number of piperidine rings is 1. The predicted octanol–water partition coefficient (Wildman–Crippen LogP) is 0.443. The molecule has 0 aromatic heterocycles. The molecule has 0 radical (unpaired) electrons. The van der Waals surface area contributed by atoms with Gasteiger partial charge in [0.2, 0.25) is 0 Å². The van der Waals surface area contributed by atoms with Gasteiger partial charge < -0.3 is 10.4 Å². The van der Waals surface area contributed by atoms with Crippen LogP contribution in [0.5, 0.6) is 0 Å². The number of hydrogen-bond donors (Lipinski definition) is 2. The van der Waals surface area contributed by atoms with Crippen molar-refractivity contribution in [3.05, 3.63) is 0 Å². The van der Waals surface area contributed by atoms with Crippen molar-refractivity contribution in [1.29, 1.82) is 0 Å². The van der Waals surface area contributed by atoms with Gasteiger partial charge in [0.15, 0.2) is 0 Å². The van der Waals surface area contributed by atoms with E-state index >= 15 is 0 Å². The standard InChI is InChI=1S/C10H22N2O/c1-2-12(7-8-13)9-10-5-3-4-6-11-10/h10-11,13H,2-9H2,1H3/t10-/m1/s1. The van der Waals surface area contributed by atoms with Crippen LogP contribution >= 0.6 is 0 Å². The first-order chi connectivity index (χ1) is 6.36. The van der Waals surface area contributed by atoms with Crippen molar-refractivity contribution in [3.8, 4) is 0 Å². The molecule has 0 bridgehead atoms. The van der Waals surface area contributed by atoms with Crippen LogP contribution in [0, 0.1) is 0 Å². The van der Waals surface area contributed by atoms with Gasteiger partial charge in [-0.15, -0.1) is 0 Å². The third-order valence-corrected chi connectivity index (χ3v) is 2.75. The van der Waals surface area contributed by atoms with Gasteiger partial charge in [0.25, 0.3) is 0 Å². The van der Waals surface area contributed by atoms with Crippen molar-refractivity contribution >= 4 is 0 Å². The van der Waals surface area contributed by atoms with Crippen LogP contribution in [0.15, 0.2) is 0 Å². The Hall–Kier alpha value is -0.120. The van der Waals surface area contributed by atoms with Gasteiger partial charge in [-0.3, -0.25) is 4.90 Å². The SMILES string of the molecule is CCN(CCO)C[C@H]1CCCCN1. The zero-order chi connectivity index (χ0) is 9.52. The Balaban J connectivity index is 2.18. The van der Waals surface area contributed by atoms with Gasteiger partial charge in [-0.25, -0.2) is 0 Å². The number of likely N-dealkylation sites (N-methyl/N-ethyl adjacent to an activating group) is 1. The zero-order valence-electron chi connectivity index (χ0n) is 8.63. The highest BCUT2D eigenvalue weighted by Crippen LogP contribution is 2.08. The van der Waals surface area contributed by atoms with E-state index in [4.69, 9.17) is 5.11 Å². The number of hydrogen-bond acceptors (Lipinski definition) is 3. The molecular weight excluding hydrogens is 164 g/mol. The van der Waals surface area contributed by atoms with Crippen LogP contribution < -0.4 is 5.32 Å². The smallest absolute Gasteiger partial charge is 0.0558 e. The van der Waals surface area contributed by atoms with E-state index in [1.54, 1.807) is 0 Å². The quantitative estimate of drug-likeness (QED) is 0.654. The summed E-state index contributed by atoms with van der Waals surface area (Å²) in [5.74, 6) is 0. The van der Waals surface area contributed by atoms with Gasteiger partial charge in [0.1, 0.15) is 0 Å². The monoisotopic (exact) mass is 186 g/mol. The van der Waals surface area contributed by atoms with Crippen molar-refractivity contribution in [2.75, 3.05) is 32.8 Å². The Morgan fingerprint density at radius 2 is 2.31 bits per heavy atom. The van der Waals surface area contributed by atoms with E-state index in [9.17, 15) is 0 Å². The van der Waals surface area contributed by atoms with E-state index in [1.165, 1.54) is 25.8 Å². The maximum absolute atomic E-state index is 8.84. The first-order valence-corrected chi connectivity index (χ1v) is 5.43. The second-order valence-electron chi connectivity index (χ2n) is 3.76. The molecule has 1 fully saturated rings. The van der Waals surface area contributed by atoms with E-state index in [1.807, 2.05) is 0 Å². The lowest BCUT2D eigenvalue weighted by atomic mass is 10.0. The maximum Gasteiger partial charge on any atom is 0.0558 e. The summed E-state index contributed by atoms with van der Waals surface area (Å²) in [7, 11) is 0. The van der Waals surface area contributed by atoms with E-state index in [2.05, 4.69) is 17.1 Å². The summed E-state index contributed by atoms with van der Waals surface area (Å²) in [4.78, 5) is 2.31. The van der Waals surface area contributed by atoms with Crippen LogP contribution in [0.1, 0.15) is 26.2 Å². The van der Waals surface area contributed by atoms with Crippen LogP contribution in [0.2, 0.25) is 0 Å². The minimum Gasteiger partial charge on any atom is -0.395 e. The fraction of sp³-hybridized carbons (Fsp3) is 1.00. The lowest BCUT2D eigenvalue weighted by Gasteiger charge is -2.29. The summed E-state index contributed by atoms with van der Waals surface area (Å²) in [6, 6.07) is 0.653. The third-order valence-electron chi connectivity index (χ3n) is 2.75. The van der Waals surface area contributed by atoms with E-state index in [-0.39, 0.29) is 6.61 Å². The molecular formula is C10H22N2O. The van der Waals surface area contributed by atoms with Crippen molar-refractivity contribution in [3.63, 3.8) is 0 Å². The average Bonchev–Trinajstić information content (AvgIpc) is 2.19. The summed E-state index contributed by atoms with van der Waals surface area (Å²) >= 11 is 0. The highest BCUT2D eigenvalue weighted by Gasteiger charge is 2.14. The number of nitrogens with one attached hydrogen (secondary N) is 1. The first kappa shape index (κ1) is 11.0. The second kappa shape index (κ2) is 6.35. The highest BCUT2D eigenvalue weighted by atomic mass is 16.3. The van der Waals surface area contributed by atoms with Crippen molar-refractivity contribution in [2.45, 2.75) is 32.2 Å².